The molecule has 0 aromatic heterocycles. The van der Waals surface area contributed by atoms with Crippen LogP contribution in [0.5, 0.6) is 0 Å². The number of carbonyl (C=O) groups is 4. The molecule has 0 saturated heterocycles. The van der Waals surface area contributed by atoms with Gasteiger partial charge in [-0.1, -0.05) is 32.0 Å². The van der Waals surface area contributed by atoms with Crippen LogP contribution in [-0.2, 0) is 33.4 Å². The zero-order valence-electron chi connectivity index (χ0n) is 21.2. The minimum absolute atomic E-state index is 0.0620. The van der Waals surface area contributed by atoms with Crippen LogP contribution in [0, 0.1) is 5.92 Å². The fourth-order valence-electron chi connectivity index (χ4n) is 3.86. The van der Waals surface area contributed by atoms with Gasteiger partial charge in [0.25, 0.3) is 5.91 Å². The number of allylic oxidation sites excluding steroid dienone is 2. The summed E-state index contributed by atoms with van der Waals surface area (Å²) in [6, 6.07) is 7.42. The van der Waals surface area contributed by atoms with Crippen LogP contribution in [0.3, 0.4) is 0 Å². The second-order valence-electron chi connectivity index (χ2n) is 8.13. The van der Waals surface area contributed by atoms with Crippen LogP contribution in [0.4, 0.5) is 5.69 Å². The van der Waals surface area contributed by atoms with E-state index in [1.165, 1.54) is 0 Å². The first kappa shape index (κ1) is 27.6. The molecule has 35 heavy (non-hydrogen) atoms. The molecule has 1 atom stereocenters. The SMILES string of the molecule is CCOC(=O)C1=C(C)NC(C)=C(C(=O)OCC)C1C(=O)OCC(=O)Nc1ccccc1C(C)CC. The Morgan fingerprint density at radius 1 is 0.914 bits per heavy atom. The van der Waals surface area contributed by atoms with E-state index in [0.717, 1.165) is 12.0 Å². The second-order valence-corrected chi connectivity index (χ2v) is 8.13. The van der Waals surface area contributed by atoms with Crippen molar-refractivity contribution in [2.75, 3.05) is 25.1 Å². The lowest BCUT2D eigenvalue weighted by Crippen LogP contribution is -2.39. The van der Waals surface area contributed by atoms with Gasteiger partial charge in [-0.05, 0) is 51.7 Å². The molecule has 1 aliphatic heterocycles. The molecule has 1 amide bonds. The first-order valence-electron chi connectivity index (χ1n) is 11.7. The Kier molecular flexibility index (Phi) is 10.1. The molecule has 1 unspecified atom stereocenters. The summed E-state index contributed by atoms with van der Waals surface area (Å²) < 4.78 is 15.5. The maximum atomic E-state index is 13.2. The highest BCUT2D eigenvalue weighted by Crippen LogP contribution is 2.33. The standard InChI is InChI=1S/C26H34N2O7/c1-7-15(4)18-12-10-11-13-19(18)28-20(29)14-35-26(32)23-21(24(30)33-8-2)16(5)27-17(6)22(23)25(31)34-9-3/h10-13,15,23,27H,7-9,14H2,1-6H3,(H,28,29). The summed E-state index contributed by atoms with van der Waals surface area (Å²) in [4.78, 5) is 51.2. The van der Waals surface area contributed by atoms with Gasteiger partial charge in [-0.3, -0.25) is 9.59 Å². The lowest BCUT2D eigenvalue weighted by Gasteiger charge is -2.28. The van der Waals surface area contributed by atoms with Crippen LogP contribution >= 0.6 is 0 Å². The van der Waals surface area contributed by atoms with E-state index in [0.29, 0.717) is 17.1 Å². The molecule has 0 saturated carbocycles. The van der Waals surface area contributed by atoms with E-state index in [1.54, 1.807) is 39.8 Å². The molecule has 0 spiro atoms. The second kappa shape index (κ2) is 12.7. The summed E-state index contributed by atoms with van der Waals surface area (Å²) in [6.45, 7) is 10.1. The highest BCUT2D eigenvalue weighted by atomic mass is 16.5. The quantitative estimate of drug-likeness (QED) is 0.380. The molecule has 0 radical (unpaired) electrons. The largest absolute Gasteiger partial charge is 0.463 e. The Morgan fingerprint density at radius 3 is 1.97 bits per heavy atom. The molecule has 2 rings (SSSR count). The van der Waals surface area contributed by atoms with Gasteiger partial charge in [0, 0.05) is 17.1 Å². The molecule has 1 aromatic rings. The Labute approximate surface area is 205 Å². The fraction of sp³-hybridized carbons (Fsp3) is 0.462. The molecule has 1 aromatic carbocycles. The van der Waals surface area contributed by atoms with Gasteiger partial charge in [0.1, 0.15) is 5.92 Å². The van der Waals surface area contributed by atoms with E-state index >= 15 is 0 Å². The highest BCUT2D eigenvalue weighted by molar-refractivity contribution is 6.06. The third-order valence-electron chi connectivity index (χ3n) is 5.71. The number of esters is 3. The molecule has 1 heterocycles. The predicted molar refractivity (Wildman–Crippen MR) is 130 cm³/mol. The Morgan fingerprint density at radius 2 is 1.46 bits per heavy atom. The number of hydrogen-bond acceptors (Lipinski definition) is 8. The molecule has 190 valence electrons. The lowest BCUT2D eigenvalue weighted by molar-refractivity contribution is -0.153. The number of dihydropyridines is 1. The minimum atomic E-state index is -1.39. The Hall–Kier alpha value is -3.62. The maximum absolute atomic E-state index is 13.2. The van der Waals surface area contributed by atoms with Crippen LogP contribution in [0.1, 0.15) is 59.4 Å². The van der Waals surface area contributed by atoms with Gasteiger partial charge in [0.15, 0.2) is 6.61 Å². The number of amides is 1. The summed E-state index contributed by atoms with van der Waals surface area (Å²) in [5, 5.41) is 5.71. The third kappa shape index (κ3) is 6.71. The van der Waals surface area contributed by atoms with Crippen LogP contribution in [-0.4, -0.2) is 43.6 Å². The predicted octanol–water partition coefficient (Wildman–Crippen LogP) is 3.58. The normalized spacial score (nSPS) is 14.7. The van der Waals surface area contributed by atoms with Crippen LogP contribution in [0.15, 0.2) is 46.8 Å². The summed E-state index contributed by atoms with van der Waals surface area (Å²) in [5.74, 6) is -4.17. The molecule has 2 N–H and O–H groups in total. The molecule has 0 aliphatic carbocycles. The van der Waals surface area contributed by atoms with Crippen LogP contribution < -0.4 is 10.6 Å². The Bertz CT molecular complexity index is 1000. The van der Waals surface area contributed by atoms with Gasteiger partial charge in [0.05, 0.1) is 24.4 Å². The van der Waals surface area contributed by atoms with Crippen molar-refractivity contribution in [3.05, 3.63) is 52.4 Å². The number of ether oxygens (including phenoxy) is 3. The van der Waals surface area contributed by atoms with Gasteiger partial charge >= 0.3 is 17.9 Å². The molecular weight excluding hydrogens is 452 g/mol. The molecule has 9 heteroatoms. The van der Waals surface area contributed by atoms with Gasteiger partial charge in [-0.15, -0.1) is 0 Å². The molecular formula is C26H34N2O7. The van der Waals surface area contributed by atoms with Crippen molar-refractivity contribution in [3.8, 4) is 0 Å². The van der Waals surface area contributed by atoms with Crippen molar-refractivity contribution in [2.24, 2.45) is 5.92 Å². The van der Waals surface area contributed by atoms with E-state index in [1.807, 2.05) is 12.1 Å². The average molecular weight is 487 g/mol. The molecule has 0 bridgehead atoms. The van der Waals surface area contributed by atoms with E-state index in [9.17, 15) is 19.2 Å². The highest BCUT2D eigenvalue weighted by Gasteiger charge is 2.42. The van der Waals surface area contributed by atoms with E-state index in [4.69, 9.17) is 14.2 Å². The van der Waals surface area contributed by atoms with Crippen molar-refractivity contribution >= 4 is 29.5 Å². The van der Waals surface area contributed by atoms with Gasteiger partial charge < -0.3 is 24.8 Å². The van der Waals surface area contributed by atoms with E-state index in [-0.39, 0.29) is 30.3 Å². The number of benzene rings is 1. The fourth-order valence-corrected chi connectivity index (χ4v) is 3.86. The molecule has 0 fully saturated rings. The average Bonchev–Trinajstić information content (AvgIpc) is 2.82. The zero-order chi connectivity index (χ0) is 26.1. The number of hydrogen-bond donors (Lipinski definition) is 2. The molecule has 9 nitrogen and oxygen atoms in total. The number of nitrogens with one attached hydrogen (secondary N) is 2. The third-order valence-corrected chi connectivity index (χ3v) is 5.71. The summed E-state index contributed by atoms with van der Waals surface area (Å²) in [7, 11) is 0. The van der Waals surface area contributed by atoms with Gasteiger partial charge in [-0.2, -0.15) is 0 Å². The first-order chi connectivity index (χ1) is 16.7. The van der Waals surface area contributed by atoms with Crippen molar-refractivity contribution in [1.29, 1.82) is 0 Å². The van der Waals surface area contributed by atoms with Crippen molar-refractivity contribution in [2.45, 2.75) is 53.9 Å². The smallest absolute Gasteiger partial charge is 0.337 e. The summed E-state index contributed by atoms with van der Waals surface area (Å²) in [5.41, 5.74) is 2.18. The number of para-hydroxylation sites is 1. The van der Waals surface area contributed by atoms with E-state index < -0.39 is 36.3 Å². The van der Waals surface area contributed by atoms with Crippen molar-refractivity contribution in [3.63, 3.8) is 0 Å². The summed E-state index contributed by atoms with van der Waals surface area (Å²) in [6.07, 6.45) is 0.891. The molecule has 1 aliphatic rings. The minimum Gasteiger partial charge on any atom is -0.463 e. The maximum Gasteiger partial charge on any atom is 0.337 e. The first-order valence-corrected chi connectivity index (χ1v) is 11.7. The van der Waals surface area contributed by atoms with Gasteiger partial charge in [0.2, 0.25) is 0 Å². The van der Waals surface area contributed by atoms with Crippen molar-refractivity contribution in [1.82, 2.24) is 5.32 Å². The van der Waals surface area contributed by atoms with Crippen LogP contribution in [0.25, 0.3) is 0 Å². The number of carbonyl (C=O) groups excluding carboxylic acids is 4. The summed E-state index contributed by atoms with van der Waals surface area (Å²) >= 11 is 0. The lowest BCUT2D eigenvalue weighted by atomic mass is 9.85. The van der Waals surface area contributed by atoms with Gasteiger partial charge in [-0.25, -0.2) is 9.59 Å². The number of anilines is 1. The Balaban J connectivity index is 2.27. The van der Waals surface area contributed by atoms with Crippen LogP contribution in [0.2, 0.25) is 0 Å². The van der Waals surface area contributed by atoms with E-state index in [2.05, 4.69) is 24.5 Å². The number of rotatable bonds is 10. The topological polar surface area (TPSA) is 120 Å². The zero-order valence-corrected chi connectivity index (χ0v) is 21.2. The monoisotopic (exact) mass is 486 g/mol. The van der Waals surface area contributed by atoms with Crippen molar-refractivity contribution < 1.29 is 33.4 Å².